The summed E-state index contributed by atoms with van der Waals surface area (Å²) in [6.07, 6.45) is -0.408. The van der Waals surface area contributed by atoms with Gasteiger partial charge in [-0.2, -0.15) is 5.26 Å². The second-order valence-corrected chi connectivity index (χ2v) is 9.43. The lowest BCUT2D eigenvalue weighted by molar-refractivity contribution is -0.131. The lowest BCUT2D eigenvalue weighted by atomic mass is 10.1. The summed E-state index contributed by atoms with van der Waals surface area (Å²) in [5.41, 5.74) is 0.900. The van der Waals surface area contributed by atoms with Gasteiger partial charge in [0, 0.05) is 29.9 Å². The number of aromatic nitrogens is 1. The van der Waals surface area contributed by atoms with Crippen LogP contribution in [-0.2, 0) is 11.2 Å². The summed E-state index contributed by atoms with van der Waals surface area (Å²) in [5, 5.41) is 15.8. The van der Waals surface area contributed by atoms with Gasteiger partial charge in [0.25, 0.3) is 17.7 Å². The highest BCUT2D eigenvalue weighted by Gasteiger charge is 2.47. The maximum absolute atomic E-state index is 13.8. The zero-order chi connectivity index (χ0) is 27.4. The Hall–Kier alpha value is -4.31. The molecule has 13 heteroatoms. The molecule has 0 unspecified atom stereocenters. The molecule has 4 rings (SSSR count). The first-order valence-corrected chi connectivity index (χ1v) is 12.1. The number of hydrogen-bond donors (Lipinski definition) is 2. The van der Waals surface area contributed by atoms with E-state index in [0.29, 0.717) is 17.5 Å². The number of thiazole rings is 1. The van der Waals surface area contributed by atoms with Crippen LogP contribution in [-0.4, -0.2) is 52.7 Å². The van der Waals surface area contributed by atoms with Crippen molar-refractivity contribution in [1.29, 1.82) is 5.26 Å². The van der Waals surface area contributed by atoms with Gasteiger partial charge in [0.1, 0.15) is 23.4 Å². The van der Waals surface area contributed by atoms with Crippen LogP contribution in [0.25, 0.3) is 0 Å². The molecular formula is C25H19F4N5O3S. The molecule has 0 bridgehead atoms. The second kappa shape index (κ2) is 11.0. The van der Waals surface area contributed by atoms with Crippen molar-refractivity contribution in [1.82, 2.24) is 15.2 Å². The van der Waals surface area contributed by atoms with Crippen LogP contribution in [0.1, 0.15) is 37.8 Å². The molecule has 0 spiro atoms. The predicted octanol–water partition coefficient (Wildman–Crippen LogP) is 3.75. The average molecular weight is 546 g/mol. The van der Waals surface area contributed by atoms with E-state index in [9.17, 15) is 31.9 Å². The smallest absolute Gasteiger partial charge is 0.271 e. The molecule has 3 amide bonds. The molecule has 3 aromatic rings. The molecule has 196 valence electrons. The largest absolute Gasteiger partial charge is 0.342 e. The monoisotopic (exact) mass is 545 g/mol. The highest BCUT2D eigenvalue weighted by Crippen LogP contribution is 2.31. The number of benzene rings is 2. The molecule has 0 aliphatic carbocycles. The van der Waals surface area contributed by atoms with E-state index in [4.69, 9.17) is 5.26 Å². The van der Waals surface area contributed by atoms with E-state index in [-0.39, 0.29) is 16.9 Å². The Bertz CT molecular complexity index is 1420. The number of carbonyl (C=O) groups excluding carboxylic acids is 3. The molecule has 1 atom stereocenters. The highest BCUT2D eigenvalue weighted by atomic mass is 32.1. The molecule has 0 saturated carbocycles. The third kappa shape index (κ3) is 6.33. The van der Waals surface area contributed by atoms with Gasteiger partial charge in [-0.1, -0.05) is 12.1 Å². The third-order valence-electron chi connectivity index (χ3n) is 5.67. The standard InChI is InChI=1S/C25H19F4N5O3S/c26-16-5-6-19(18(27)8-16)33-23(36)15-3-1-14(2-4-15)7-21-32-20(12-38-21)24(37)31-11-22(35)34-13-25(28,29)9-17(34)10-30/h1-6,8,12,17H,7,9,11,13H2,(H,31,37)(H,33,36)/t17-/m0/s1. The summed E-state index contributed by atoms with van der Waals surface area (Å²) in [7, 11) is 0. The Kier molecular flexibility index (Phi) is 7.72. The Labute approximate surface area is 217 Å². The van der Waals surface area contributed by atoms with Gasteiger partial charge in [-0.15, -0.1) is 11.3 Å². The lowest BCUT2D eigenvalue weighted by Gasteiger charge is -2.19. The fraction of sp³-hybridized carbons (Fsp3) is 0.240. The maximum Gasteiger partial charge on any atom is 0.271 e. The number of amides is 3. The van der Waals surface area contributed by atoms with E-state index in [1.54, 1.807) is 18.2 Å². The molecule has 2 N–H and O–H groups in total. The summed E-state index contributed by atoms with van der Waals surface area (Å²) < 4.78 is 53.8. The number of nitriles is 1. The van der Waals surface area contributed by atoms with Crippen LogP contribution in [0.2, 0.25) is 0 Å². The van der Waals surface area contributed by atoms with E-state index in [2.05, 4.69) is 15.6 Å². The highest BCUT2D eigenvalue weighted by molar-refractivity contribution is 7.09. The number of anilines is 1. The number of nitrogens with one attached hydrogen (secondary N) is 2. The fourth-order valence-corrected chi connectivity index (χ4v) is 4.58. The van der Waals surface area contributed by atoms with E-state index in [1.165, 1.54) is 28.8 Å². The van der Waals surface area contributed by atoms with Gasteiger partial charge < -0.3 is 15.5 Å². The summed E-state index contributed by atoms with van der Waals surface area (Å²) in [4.78, 5) is 42.0. The molecule has 1 saturated heterocycles. The van der Waals surface area contributed by atoms with Gasteiger partial charge in [0.2, 0.25) is 5.91 Å². The Morgan fingerprint density at radius 2 is 1.87 bits per heavy atom. The molecule has 1 fully saturated rings. The van der Waals surface area contributed by atoms with Crippen molar-refractivity contribution in [3.63, 3.8) is 0 Å². The van der Waals surface area contributed by atoms with Crippen molar-refractivity contribution in [3.8, 4) is 6.07 Å². The average Bonchev–Trinajstić information content (AvgIpc) is 3.47. The summed E-state index contributed by atoms with van der Waals surface area (Å²) >= 11 is 1.19. The summed E-state index contributed by atoms with van der Waals surface area (Å²) in [6, 6.07) is 9.61. The Balaban J connectivity index is 1.30. The first-order chi connectivity index (χ1) is 18.0. The minimum Gasteiger partial charge on any atom is -0.342 e. The topological polar surface area (TPSA) is 115 Å². The van der Waals surface area contributed by atoms with Crippen LogP contribution in [0.15, 0.2) is 47.8 Å². The maximum atomic E-state index is 13.8. The lowest BCUT2D eigenvalue weighted by Crippen LogP contribution is -2.43. The minimum atomic E-state index is -3.15. The Morgan fingerprint density at radius 1 is 1.13 bits per heavy atom. The van der Waals surface area contributed by atoms with E-state index >= 15 is 0 Å². The molecular weight excluding hydrogens is 526 g/mol. The molecule has 38 heavy (non-hydrogen) atoms. The first-order valence-electron chi connectivity index (χ1n) is 11.2. The van der Waals surface area contributed by atoms with Crippen LogP contribution in [0, 0.1) is 23.0 Å². The zero-order valence-corrected chi connectivity index (χ0v) is 20.3. The van der Waals surface area contributed by atoms with Crippen molar-refractivity contribution >= 4 is 34.7 Å². The number of likely N-dealkylation sites (tertiary alicyclic amines) is 1. The minimum absolute atomic E-state index is 0.0405. The predicted molar refractivity (Wildman–Crippen MR) is 129 cm³/mol. The number of nitrogens with zero attached hydrogens (tertiary/aromatic N) is 3. The quantitative estimate of drug-likeness (QED) is 0.439. The first kappa shape index (κ1) is 26.7. The van der Waals surface area contributed by atoms with Gasteiger partial charge in [0.05, 0.1) is 29.9 Å². The SMILES string of the molecule is N#C[C@@H]1CC(F)(F)CN1C(=O)CNC(=O)c1csc(Cc2ccc(C(=O)Nc3ccc(F)cc3F)cc2)n1. The van der Waals surface area contributed by atoms with E-state index in [1.807, 2.05) is 0 Å². The van der Waals surface area contributed by atoms with Crippen molar-refractivity contribution < 1.29 is 31.9 Å². The van der Waals surface area contributed by atoms with Crippen LogP contribution in [0.5, 0.6) is 0 Å². The van der Waals surface area contributed by atoms with Crippen molar-refractivity contribution in [2.75, 3.05) is 18.4 Å². The van der Waals surface area contributed by atoms with Gasteiger partial charge in [0.15, 0.2) is 0 Å². The summed E-state index contributed by atoms with van der Waals surface area (Å²) in [6.45, 7) is -1.42. The molecule has 2 heterocycles. The second-order valence-electron chi connectivity index (χ2n) is 8.49. The van der Waals surface area contributed by atoms with Crippen molar-refractivity contribution in [3.05, 3.63) is 81.3 Å². The van der Waals surface area contributed by atoms with Gasteiger partial charge in [-0.25, -0.2) is 22.5 Å². The van der Waals surface area contributed by atoms with Crippen molar-refractivity contribution in [2.24, 2.45) is 0 Å². The molecule has 1 aromatic heterocycles. The zero-order valence-electron chi connectivity index (χ0n) is 19.5. The fourth-order valence-electron chi connectivity index (χ4n) is 3.77. The third-order valence-corrected chi connectivity index (χ3v) is 6.52. The van der Waals surface area contributed by atoms with Gasteiger partial charge in [-0.05, 0) is 29.8 Å². The van der Waals surface area contributed by atoms with E-state index in [0.717, 1.165) is 22.6 Å². The number of alkyl halides is 2. The summed E-state index contributed by atoms with van der Waals surface area (Å²) in [5.74, 6) is -6.84. The van der Waals surface area contributed by atoms with Crippen LogP contribution in [0.4, 0.5) is 23.2 Å². The Morgan fingerprint density at radius 3 is 2.55 bits per heavy atom. The van der Waals surface area contributed by atoms with Gasteiger partial charge >= 0.3 is 0 Å². The van der Waals surface area contributed by atoms with Crippen LogP contribution < -0.4 is 10.6 Å². The number of halogens is 4. The van der Waals surface area contributed by atoms with Crippen LogP contribution in [0.3, 0.4) is 0 Å². The molecule has 0 radical (unpaired) electrons. The molecule has 2 aromatic carbocycles. The molecule has 1 aliphatic rings. The number of carbonyl (C=O) groups is 3. The van der Waals surface area contributed by atoms with E-state index < -0.39 is 60.8 Å². The number of hydrogen-bond acceptors (Lipinski definition) is 6. The molecule has 1 aliphatic heterocycles. The van der Waals surface area contributed by atoms with Crippen molar-refractivity contribution in [2.45, 2.75) is 24.8 Å². The van der Waals surface area contributed by atoms with Crippen LogP contribution >= 0.6 is 11.3 Å². The number of rotatable bonds is 7. The van der Waals surface area contributed by atoms with Gasteiger partial charge in [-0.3, -0.25) is 14.4 Å². The molecule has 8 nitrogen and oxygen atoms in total. The normalized spacial score (nSPS) is 16.1.